The highest BCUT2D eigenvalue weighted by Crippen LogP contribution is 2.22. The van der Waals surface area contributed by atoms with Gasteiger partial charge in [-0.1, -0.05) is 12.7 Å². The third kappa shape index (κ3) is 1.73. The van der Waals surface area contributed by atoms with Gasteiger partial charge in [-0.3, -0.25) is 0 Å². The van der Waals surface area contributed by atoms with Crippen LogP contribution in [-0.2, 0) is 4.79 Å². The summed E-state index contributed by atoms with van der Waals surface area (Å²) in [6.45, 7) is 3.62. The average molecular weight is 235 g/mol. The molecule has 2 aliphatic rings. The molecule has 0 spiro atoms. The summed E-state index contributed by atoms with van der Waals surface area (Å²) in [5.74, 6) is -1.60. The normalized spacial score (nSPS) is 23.8. The van der Waals surface area contributed by atoms with Crippen molar-refractivity contribution >= 4 is 17.6 Å². The molecule has 1 aliphatic heterocycles. The standard InChI is InChI=1S/C12H12FN2O2/c1-3-6-15-11(16)9-7-8(13)4-5-10(9)14(2)12(15)17/h3-5,7,9H,1,6H2,2H3/q+1. The topological polar surface area (TPSA) is 40.4 Å². The third-order valence-electron chi connectivity index (χ3n) is 2.81. The number of urea groups is 1. The Morgan fingerprint density at radius 2 is 2.24 bits per heavy atom. The van der Waals surface area contributed by atoms with Gasteiger partial charge in [-0.05, 0) is 18.2 Å². The number of rotatable bonds is 2. The third-order valence-corrected chi connectivity index (χ3v) is 2.81. The summed E-state index contributed by atoms with van der Waals surface area (Å²) in [4.78, 5) is 25.0. The van der Waals surface area contributed by atoms with Crippen LogP contribution >= 0.6 is 0 Å². The molecule has 4 nitrogen and oxygen atoms in total. The number of carbonyl (C=O) groups excluding carboxylic acids is 2. The van der Waals surface area contributed by atoms with Crippen LogP contribution in [0.4, 0.5) is 9.18 Å². The molecule has 5 heteroatoms. The number of halogens is 1. The van der Waals surface area contributed by atoms with Gasteiger partial charge in [0.1, 0.15) is 24.0 Å². The minimum absolute atomic E-state index is 0.130. The number of nitrogens with zero attached hydrogens (tertiary/aromatic N) is 2. The molecular formula is C12H12FN2O2+. The van der Waals surface area contributed by atoms with Crippen LogP contribution < -0.4 is 0 Å². The Balaban J connectivity index is 2.49. The van der Waals surface area contributed by atoms with Crippen LogP contribution in [0.2, 0.25) is 0 Å². The molecule has 1 atom stereocenters. The lowest BCUT2D eigenvalue weighted by molar-refractivity contribution is -0.406. The lowest BCUT2D eigenvalue weighted by atomic mass is 9.94. The molecule has 0 radical (unpaired) electrons. The quantitative estimate of drug-likeness (QED) is 0.534. The summed E-state index contributed by atoms with van der Waals surface area (Å²) in [6.07, 6.45) is 5.39. The van der Waals surface area contributed by atoms with Crippen molar-refractivity contribution in [3.8, 4) is 0 Å². The van der Waals surface area contributed by atoms with E-state index in [1.807, 2.05) is 0 Å². The van der Waals surface area contributed by atoms with E-state index in [0.717, 1.165) is 4.90 Å². The average Bonchev–Trinajstić information content (AvgIpc) is 2.32. The number of hydrogen-bond donors (Lipinski definition) is 0. The zero-order valence-electron chi connectivity index (χ0n) is 9.39. The van der Waals surface area contributed by atoms with Crippen LogP contribution in [-0.4, -0.2) is 40.7 Å². The fraction of sp³-hybridized carbons (Fsp3) is 0.250. The van der Waals surface area contributed by atoms with E-state index < -0.39 is 23.7 Å². The number of fused-ring (bicyclic) bond motifs is 1. The van der Waals surface area contributed by atoms with Gasteiger partial charge >= 0.3 is 11.9 Å². The Labute approximate surface area is 98.0 Å². The predicted molar refractivity (Wildman–Crippen MR) is 60.3 cm³/mol. The van der Waals surface area contributed by atoms with Crippen molar-refractivity contribution in [1.29, 1.82) is 0 Å². The molecule has 0 aromatic rings. The van der Waals surface area contributed by atoms with Gasteiger partial charge in [0.25, 0.3) is 0 Å². The van der Waals surface area contributed by atoms with Crippen molar-refractivity contribution < 1.29 is 18.6 Å². The molecule has 0 saturated heterocycles. The zero-order chi connectivity index (χ0) is 12.6. The van der Waals surface area contributed by atoms with E-state index in [9.17, 15) is 14.0 Å². The van der Waals surface area contributed by atoms with E-state index in [-0.39, 0.29) is 6.54 Å². The lowest BCUT2D eigenvalue weighted by Crippen LogP contribution is -2.53. The highest BCUT2D eigenvalue weighted by molar-refractivity contribution is 6.16. The first-order valence-corrected chi connectivity index (χ1v) is 5.18. The van der Waals surface area contributed by atoms with E-state index >= 15 is 0 Å². The fourth-order valence-corrected chi connectivity index (χ4v) is 1.94. The molecule has 1 heterocycles. The van der Waals surface area contributed by atoms with Crippen molar-refractivity contribution in [2.24, 2.45) is 5.92 Å². The first-order chi connectivity index (χ1) is 8.06. The summed E-state index contributed by atoms with van der Waals surface area (Å²) >= 11 is 0. The monoisotopic (exact) mass is 235 g/mol. The number of carbonyl (C=O) groups is 2. The molecule has 0 aromatic heterocycles. The highest BCUT2D eigenvalue weighted by Gasteiger charge is 2.45. The van der Waals surface area contributed by atoms with Gasteiger partial charge in [0.2, 0.25) is 0 Å². The van der Waals surface area contributed by atoms with Gasteiger partial charge in [-0.2, -0.15) is 14.3 Å². The second kappa shape index (κ2) is 4.08. The second-order valence-corrected chi connectivity index (χ2v) is 3.87. The van der Waals surface area contributed by atoms with E-state index in [1.165, 1.54) is 28.9 Å². The van der Waals surface area contributed by atoms with Crippen molar-refractivity contribution in [2.75, 3.05) is 13.6 Å². The van der Waals surface area contributed by atoms with Crippen molar-refractivity contribution in [1.82, 2.24) is 4.90 Å². The molecular weight excluding hydrogens is 223 g/mol. The Bertz CT molecular complexity index is 503. The summed E-state index contributed by atoms with van der Waals surface area (Å²) in [6, 6.07) is -0.415. The Kier molecular flexibility index (Phi) is 2.75. The summed E-state index contributed by atoms with van der Waals surface area (Å²) in [5, 5.41) is 0. The van der Waals surface area contributed by atoms with Crippen molar-refractivity contribution in [2.45, 2.75) is 0 Å². The molecule has 0 bridgehead atoms. The van der Waals surface area contributed by atoms with Crippen molar-refractivity contribution in [3.63, 3.8) is 0 Å². The first kappa shape index (κ1) is 11.4. The molecule has 88 valence electrons. The van der Waals surface area contributed by atoms with Gasteiger partial charge in [0.15, 0.2) is 0 Å². The van der Waals surface area contributed by atoms with Crippen LogP contribution in [0.1, 0.15) is 0 Å². The number of amides is 3. The van der Waals surface area contributed by atoms with Gasteiger partial charge in [0.05, 0.1) is 7.05 Å². The van der Waals surface area contributed by atoms with Gasteiger partial charge in [-0.15, -0.1) is 0 Å². The van der Waals surface area contributed by atoms with Crippen molar-refractivity contribution in [3.05, 3.63) is 36.7 Å². The maximum Gasteiger partial charge on any atom is 0.500 e. The first-order valence-electron chi connectivity index (χ1n) is 5.18. The van der Waals surface area contributed by atoms with Crippen LogP contribution in [0.25, 0.3) is 0 Å². The molecule has 1 unspecified atom stereocenters. The molecule has 0 N–H and O–H groups in total. The van der Waals surface area contributed by atoms with Crippen LogP contribution in [0, 0.1) is 5.92 Å². The molecule has 1 aliphatic carbocycles. The van der Waals surface area contributed by atoms with Gasteiger partial charge in [-0.25, -0.2) is 9.18 Å². The Morgan fingerprint density at radius 3 is 2.88 bits per heavy atom. The number of allylic oxidation sites excluding steroid dienone is 3. The van der Waals surface area contributed by atoms with Crippen LogP contribution in [0.15, 0.2) is 36.7 Å². The second-order valence-electron chi connectivity index (χ2n) is 3.87. The molecule has 0 aromatic carbocycles. The fourth-order valence-electron chi connectivity index (χ4n) is 1.94. The maximum absolute atomic E-state index is 13.1. The van der Waals surface area contributed by atoms with Gasteiger partial charge in [0, 0.05) is 0 Å². The van der Waals surface area contributed by atoms with Crippen LogP contribution in [0.3, 0.4) is 0 Å². The van der Waals surface area contributed by atoms with Gasteiger partial charge < -0.3 is 0 Å². The SMILES string of the molecule is C=CCN1C(=O)C2C=C(F)C=CC2=[N+](C)C1=O. The Hall–Kier alpha value is -2.04. The largest absolute Gasteiger partial charge is 0.500 e. The predicted octanol–water partition coefficient (Wildman–Crippen LogP) is 1.26. The molecule has 0 fully saturated rings. The Morgan fingerprint density at radius 1 is 1.53 bits per heavy atom. The molecule has 0 saturated carbocycles. The molecule has 17 heavy (non-hydrogen) atoms. The summed E-state index contributed by atoms with van der Waals surface area (Å²) in [5.41, 5.74) is 0.502. The highest BCUT2D eigenvalue weighted by atomic mass is 19.1. The number of imide groups is 1. The number of hydrogen-bond acceptors (Lipinski definition) is 2. The smallest absolute Gasteiger partial charge is 0.245 e. The zero-order valence-corrected chi connectivity index (χ0v) is 9.39. The molecule has 2 rings (SSSR count). The summed E-state index contributed by atoms with van der Waals surface area (Å²) < 4.78 is 14.5. The summed E-state index contributed by atoms with van der Waals surface area (Å²) in [7, 11) is 1.56. The maximum atomic E-state index is 13.1. The van der Waals surface area contributed by atoms with E-state index in [0.29, 0.717) is 5.71 Å². The van der Waals surface area contributed by atoms with E-state index in [1.54, 1.807) is 7.05 Å². The van der Waals surface area contributed by atoms with E-state index in [4.69, 9.17) is 0 Å². The van der Waals surface area contributed by atoms with Crippen LogP contribution in [0.5, 0.6) is 0 Å². The minimum atomic E-state index is -0.720. The molecule has 3 amide bonds. The minimum Gasteiger partial charge on any atom is -0.245 e. The lowest BCUT2D eigenvalue weighted by Gasteiger charge is -2.24. The van der Waals surface area contributed by atoms with E-state index in [2.05, 4.69) is 6.58 Å².